The minimum Gasteiger partial charge on any atom is -0.496 e. The molecule has 1 N–H and O–H groups in total. The molecule has 0 bridgehead atoms. The number of benzene rings is 2. The van der Waals surface area contributed by atoms with Crippen molar-refractivity contribution in [2.75, 3.05) is 19.0 Å². The molecule has 1 aliphatic heterocycles. The largest absolute Gasteiger partial charge is 0.496 e. The van der Waals surface area contributed by atoms with Gasteiger partial charge in [-0.1, -0.05) is 18.2 Å². The lowest BCUT2D eigenvalue weighted by atomic mass is 9.98. The quantitative estimate of drug-likeness (QED) is 0.737. The van der Waals surface area contributed by atoms with Gasteiger partial charge in [0.15, 0.2) is 0 Å². The number of anilines is 1. The number of carbonyl (C=O) groups is 1. The van der Waals surface area contributed by atoms with Gasteiger partial charge in [-0.2, -0.15) is 0 Å². The van der Waals surface area contributed by atoms with Crippen molar-refractivity contribution in [2.45, 2.75) is 19.5 Å². The summed E-state index contributed by atoms with van der Waals surface area (Å²) in [4.78, 5) is 19.2. The Kier molecular flexibility index (Phi) is 5.35. The first-order valence-electron chi connectivity index (χ1n) is 9.40. The molecule has 0 atom stereocenters. The highest BCUT2D eigenvalue weighted by Crippen LogP contribution is 2.25. The average Bonchev–Trinajstić information content (AvgIpc) is 2.74. The molecular weight excluding hydrogens is 350 g/mol. The molecule has 3 aromatic rings. The van der Waals surface area contributed by atoms with Crippen LogP contribution in [-0.2, 0) is 19.5 Å². The van der Waals surface area contributed by atoms with Crippen molar-refractivity contribution >= 4 is 11.6 Å². The maximum Gasteiger partial charge on any atom is 0.259 e. The molecule has 0 saturated carbocycles. The smallest absolute Gasteiger partial charge is 0.259 e. The van der Waals surface area contributed by atoms with Gasteiger partial charge in [0.1, 0.15) is 5.75 Å². The van der Waals surface area contributed by atoms with Gasteiger partial charge in [0, 0.05) is 37.7 Å². The summed E-state index contributed by atoms with van der Waals surface area (Å²) < 4.78 is 5.29. The number of para-hydroxylation sites is 1. The number of hydrogen-bond acceptors (Lipinski definition) is 4. The fraction of sp³-hybridized carbons (Fsp3) is 0.217. The van der Waals surface area contributed by atoms with Gasteiger partial charge >= 0.3 is 0 Å². The zero-order valence-electron chi connectivity index (χ0n) is 15.9. The van der Waals surface area contributed by atoms with E-state index in [0.29, 0.717) is 11.3 Å². The summed E-state index contributed by atoms with van der Waals surface area (Å²) in [6.07, 6.45) is 4.68. The second-order valence-electron chi connectivity index (χ2n) is 6.95. The van der Waals surface area contributed by atoms with Gasteiger partial charge in [-0.05, 0) is 59.5 Å². The Morgan fingerprint density at radius 2 is 1.93 bits per heavy atom. The van der Waals surface area contributed by atoms with Crippen molar-refractivity contribution in [3.8, 4) is 5.75 Å². The van der Waals surface area contributed by atoms with Crippen molar-refractivity contribution in [1.29, 1.82) is 0 Å². The Balaban J connectivity index is 1.48. The number of ether oxygens (including phenoxy) is 1. The summed E-state index contributed by atoms with van der Waals surface area (Å²) in [7, 11) is 1.57. The second kappa shape index (κ2) is 8.23. The number of nitrogens with one attached hydrogen (secondary N) is 1. The number of fused-ring (bicyclic) bond motifs is 1. The van der Waals surface area contributed by atoms with Gasteiger partial charge < -0.3 is 10.1 Å². The minimum absolute atomic E-state index is 0.165. The Hall–Kier alpha value is -3.18. The zero-order chi connectivity index (χ0) is 19.3. The molecule has 0 unspecified atom stereocenters. The molecule has 0 aliphatic carbocycles. The first kappa shape index (κ1) is 18.2. The molecule has 5 heteroatoms. The van der Waals surface area contributed by atoms with E-state index in [0.717, 1.165) is 31.7 Å². The van der Waals surface area contributed by atoms with Gasteiger partial charge in [0.2, 0.25) is 0 Å². The molecule has 4 rings (SSSR count). The number of aromatic nitrogens is 1. The van der Waals surface area contributed by atoms with E-state index in [2.05, 4.69) is 39.5 Å². The van der Waals surface area contributed by atoms with E-state index in [1.54, 1.807) is 19.2 Å². The maximum atomic E-state index is 12.7. The molecule has 1 aromatic heterocycles. The Bertz CT molecular complexity index is 973. The van der Waals surface area contributed by atoms with Crippen LogP contribution in [0.2, 0.25) is 0 Å². The number of methoxy groups -OCH3 is 1. The predicted octanol–water partition coefficient (Wildman–Crippen LogP) is 3.90. The molecule has 5 nitrogen and oxygen atoms in total. The van der Waals surface area contributed by atoms with Gasteiger partial charge in [-0.15, -0.1) is 0 Å². The fourth-order valence-corrected chi connectivity index (χ4v) is 3.61. The fourth-order valence-electron chi connectivity index (χ4n) is 3.61. The first-order valence-corrected chi connectivity index (χ1v) is 9.40. The topological polar surface area (TPSA) is 54.5 Å². The van der Waals surface area contributed by atoms with Gasteiger partial charge in [0.25, 0.3) is 5.91 Å². The molecule has 2 heterocycles. The summed E-state index contributed by atoms with van der Waals surface area (Å²) in [6, 6.07) is 17.5. The van der Waals surface area contributed by atoms with Gasteiger partial charge in [0.05, 0.1) is 12.7 Å². The maximum absolute atomic E-state index is 12.7. The number of carbonyl (C=O) groups excluding carboxylic acids is 1. The predicted molar refractivity (Wildman–Crippen MR) is 109 cm³/mol. The van der Waals surface area contributed by atoms with Crippen LogP contribution in [0.15, 0.2) is 67.0 Å². The Morgan fingerprint density at radius 1 is 1.11 bits per heavy atom. The summed E-state index contributed by atoms with van der Waals surface area (Å²) in [6.45, 7) is 2.80. The highest BCUT2D eigenvalue weighted by atomic mass is 16.5. The zero-order valence-corrected chi connectivity index (χ0v) is 15.9. The van der Waals surface area contributed by atoms with E-state index < -0.39 is 0 Å². The van der Waals surface area contributed by atoms with E-state index in [1.165, 1.54) is 16.7 Å². The number of nitrogens with zero attached hydrogens (tertiary/aromatic N) is 2. The van der Waals surface area contributed by atoms with Crippen LogP contribution in [0.1, 0.15) is 27.0 Å². The van der Waals surface area contributed by atoms with Crippen LogP contribution in [0, 0.1) is 0 Å². The van der Waals surface area contributed by atoms with Crippen molar-refractivity contribution in [1.82, 2.24) is 9.88 Å². The molecule has 0 saturated heterocycles. The molecular formula is C23H23N3O2. The third-order valence-corrected chi connectivity index (χ3v) is 5.06. The lowest BCUT2D eigenvalue weighted by Crippen LogP contribution is -2.30. The molecule has 1 aliphatic rings. The van der Waals surface area contributed by atoms with Crippen LogP contribution in [0.4, 0.5) is 5.69 Å². The number of hydrogen-bond donors (Lipinski definition) is 1. The lowest BCUT2D eigenvalue weighted by molar-refractivity contribution is 0.102. The third kappa shape index (κ3) is 4.05. The molecule has 0 radical (unpaired) electrons. The molecule has 0 spiro atoms. The van der Waals surface area contributed by atoms with Crippen molar-refractivity contribution in [3.05, 3.63) is 89.2 Å². The first-order chi connectivity index (χ1) is 13.7. The Morgan fingerprint density at radius 3 is 2.75 bits per heavy atom. The van der Waals surface area contributed by atoms with E-state index >= 15 is 0 Å². The van der Waals surface area contributed by atoms with Crippen LogP contribution < -0.4 is 10.1 Å². The summed E-state index contributed by atoms with van der Waals surface area (Å²) in [5.74, 6) is 0.406. The monoisotopic (exact) mass is 373 g/mol. The number of amides is 1. The van der Waals surface area contributed by atoms with Crippen molar-refractivity contribution in [3.63, 3.8) is 0 Å². The molecule has 28 heavy (non-hydrogen) atoms. The minimum atomic E-state index is -0.165. The summed E-state index contributed by atoms with van der Waals surface area (Å²) in [5.41, 5.74) is 5.21. The standard InChI is InChI=1S/C23H23N3O2/c1-28-22-5-3-2-4-21(22)23(27)25-20-7-6-18-10-13-26(16-19(18)14-20)15-17-8-11-24-12-9-17/h2-9,11-12,14H,10,13,15-16H2,1H3,(H,25,27). The van der Waals surface area contributed by atoms with E-state index in [4.69, 9.17) is 4.74 Å². The van der Waals surface area contributed by atoms with Crippen LogP contribution in [0.5, 0.6) is 5.75 Å². The molecule has 1 amide bonds. The van der Waals surface area contributed by atoms with Gasteiger partial charge in [-0.25, -0.2) is 0 Å². The number of pyridine rings is 1. The summed E-state index contributed by atoms with van der Waals surface area (Å²) in [5, 5.41) is 3.00. The number of rotatable bonds is 5. The van der Waals surface area contributed by atoms with Crippen LogP contribution >= 0.6 is 0 Å². The average molecular weight is 373 g/mol. The van der Waals surface area contributed by atoms with E-state index in [-0.39, 0.29) is 5.91 Å². The summed E-state index contributed by atoms with van der Waals surface area (Å²) >= 11 is 0. The SMILES string of the molecule is COc1ccccc1C(=O)Nc1ccc2c(c1)CN(Cc1ccncc1)CC2. The van der Waals surface area contributed by atoms with Crippen LogP contribution in [0.25, 0.3) is 0 Å². The second-order valence-corrected chi connectivity index (χ2v) is 6.95. The highest BCUT2D eigenvalue weighted by molar-refractivity contribution is 6.06. The van der Waals surface area contributed by atoms with Crippen LogP contribution in [-0.4, -0.2) is 29.4 Å². The van der Waals surface area contributed by atoms with Crippen molar-refractivity contribution < 1.29 is 9.53 Å². The van der Waals surface area contributed by atoms with Crippen LogP contribution in [0.3, 0.4) is 0 Å². The lowest BCUT2D eigenvalue weighted by Gasteiger charge is -2.29. The third-order valence-electron chi connectivity index (χ3n) is 5.06. The van der Waals surface area contributed by atoms with E-state index in [1.807, 2.05) is 30.6 Å². The van der Waals surface area contributed by atoms with Crippen molar-refractivity contribution in [2.24, 2.45) is 0 Å². The molecule has 142 valence electrons. The Labute approximate surface area is 165 Å². The van der Waals surface area contributed by atoms with E-state index in [9.17, 15) is 4.79 Å². The molecule has 2 aromatic carbocycles. The normalized spacial score (nSPS) is 13.6. The highest BCUT2D eigenvalue weighted by Gasteiger charge is 2.18. The van der Waals surface area contributed by atoms with Gasteiger partial charge in [-0.3, -0.25) is 14.7 Å². The molecule has 0 fully saturated rings.